The fraction of sp³-hybridized carbons (Fsp3) is 0.583. The normalized spacial score (nSPS) is 12.5. The maximum atomic E-state index is 11.8. The van der Waals surface area contributed by atoms with E-state index in [0.717, 1.165) is 12.1 Å². The lowest BCUT2D eigenvalue weighted by Crippen LogP contribution is -2.35. The Hall–Kier alpha value is -1.49. The van der Waals surface area contributed by atoms with E-state index in [1.807, 2.05) is 0 Å². The Morgan fingerprint density at radius 3 is 2.82 bits per heavy atom. The van der Waals surface area contributed by atoms with Crippen LogP contribution in [0.25, 0.3) is 0 Å². The van der Waals surface area contributed by atoms with Gasteiger partial charge in [0.15, 0.2) is 0 Å². The van der Waals surface area contributed by atoms with Crippen molar-refractivity contribution in [3.8, 4) is 0 Å². The molecule has 1 rings (SSSR count). The van der Waals surface area contributed by atoms with Crippen molar-refractivity contribution in [1.82, 2.24) is 15.3 Å². The van der Waals surface area contributed by atoms with Crippen LogP contribution in [0, 0.1) is 11.8 Å². The first-order valence-electron chi connectivity index (χ1n) is 5.86. The number of aromatic nitrogens is 2. The maximum Gasteiger partial charge on any atom is 0.224 e. The number of rotatable bonds is 6. The van der Waals surface area contributed by atoms with Crippen molar-refractivity contribution < 1.29 is 4.79 Å². The summed E-state index contributed by atoms with van der Waals surface area (Å²) >= 11 is 0. The van der Waals surface area contributed by atoms with E-state index in [9.17, 15) is 4.79 Å². The molecule has 1 heterocycles. The second kappa shape index (κ2) is 6.96. The molecule has 0 fully saturated rings. The predicted octanol–water partition coefficient (Wildman–Crippen LogP) is 0.714. The zero-order valence-corrected chi connectivity index (χ0v) is 10.4. The number of amides is 1. The molecule has 0 aromatic carbocycles. The standard InChI is InChI=1S/C12H20N4O/c1-9(2)5-10(6-13)12(17)15-7-11-3-4-14-8-16-11/h3-4,8-10H,5-7,13H2,1-2H3,(H,15,17). The van der Waals surface area contributed by atoms with Gasteiger partial charge in [-0.25, -0.2) is 9.97 Å². The van der Waals surface area contributed by atoms with Gasteiger partial charge in [-0.15, -0.1) is 0 Å². The summed E-state index contributed by atoms with van der Waals surface area (Å²) in [6, 6.07) is 1.78. The minimum Gasteiger partial charge on any atom is -0.350 e. The molecule has 0 aliphatic rings. The molecule has 1 unspecified atom stereocenters. The van der Waals surface area contributed by atoms with E-state index in [1.54, 1.807) is 12.3 Å². The first-order chi connectivity index (χ1) is 8.13. The number of nitrogens with one attached hydrogen (secondary N) is 1. The maximum absolute atomic E-state index is 11.8. The van der Waals surface area contributed by atoms with Gasteiger partial charge in [0.25, 0.3) is 0 Å². The molecule has 1 aromatic rings. The summed E-state index contributed by atoms with van der Waals surface area (Å²) in [6.45, 7) is 4.98. The third-order valence-corrected chi connectivity index (χ3v) is 2.50. The van der Waals surface area contributed by atoms with Crippen LogP contribution in [0.15, 0.2) is 18.6 Å². The zero-order chi connectivity index (χ0) is 12.7. The van der Waals surface area contributed by atoms with Gasteiger partial charge < -0.3 is 11.1 Å². The summed E-state index contributed by atoms with van der Waals surface area (Å²) in [7, 11) is 0. The van der Waals surface area contributed by atoms with Crippen LogP contribution in [0.4, 0.5) is 0 Å². The predicted molar refractivity (Wildman–Crippen MR) is 65.9 cm³/mol. The van der Waals surface area contributed by atoms with Crippen molar-refractivity contribution in [2.24, 2.45) is 17.6 Å². The van der Waals surface area contributed by atoms with Crippen LogP contribution in [-0.4, -0.2) is 22.4 Å². The number of nitrogens with zero attached hydrogens (tertiary/aromatic N) is 2. The molecule has 0 aliphatic carbocycles. The Kier molecular flexibility index (Phi) is 5.56. The van der Waals surface area contributed by atoms with Crippen molar-refractivity contribution in [1.29, 1.82) is 0 Å². The lowest BCUT2D eigenvalue weighted by atomic mass is 9.96. The van der Waals surface area contributed by atoms with Crippen molar-refractivity contribution in [3.63, 3.8) is 0 Å². The monoisotopic (exact) mass is 236 g/mol. The highest BCUT2D eigenvalue weighted by Gasteiger charge is 2.17. The van der Waals surface area contributed by atoms with Gasteiger partial charge >= 0.3 is 0 Å². The Labute approximate surface area is 102 Å². The van der Waals surface area contributed by atoms with E-state index < -0.39 is 0 Å². The minimum atomic E-state index is -0.114. The molecule has 1 amide bonds. The molecule has 0 bridgehead atoms. The summed E-state index contributed by atoms with van der Waals surface area (Å²) in [4.78, 5) is 19.7. The Morgan fingerprint density at radius 1 is 1.53 bits per heavy atom. The summed E-state index contributed by atoms with van der Waals surface area (Å²) in [5.74, 6) is 0.352. The molecule has 0 saturated heterocycles. The topological polar surface area (TPSA) is 80.9 Å². The smallest absolute Gasteiger partial charge is 0.224 e. The van der Waals surface area contributed by atoms with Crippen molar-refractivity contribution >= 4 is 5.91 Å². The Morgan fingerprint density at radius 2 is 2.29 bits per heavy atom. The molecule has 0 radical (unpaired) electrons. The number of nitrogens with two attached hydrogens (primary N) is 1. The molecular formula is C12H20N4O. The number of carbonyl (C=O) groups is 1. The van der Waals surface area contributed by atoms with E-state index in [2.05, 4.69) is 29.1 Å². The Bertz CT molecular complexity index is 340. The second-order valence-corrected chi connectivity index (χ2v) is 4.48. The first kappa shape index (κ1) is 13.6. The summed E-state index contributed by atoms with van der Waals surface area (Å²) < 4.78 is 0. The fourth-order valence-corrected chi connectivity index (χ4v) is 1.62. The molecule has 5 heteroatoms. The minimum absolute atomic E-state index is 0.000174. The van der Waals surface area contributed by atoms with Crippen LogP contribution in [0.3, 0.4) is 0 Å². The van der Waals surface area contributed by atoms with E-state index in [0.29, 0.717) is 19.0 Å². The van der Waals surface area contributed by atoms with Crippen LogP contribution in [0.2, 0.25) is 0 Å². The zero-order valence-electron chi connectivity index (χ0n) is 10.4. The van der Waals surface area contributed by atoms with E-state index in [-0.39, 0.29) is 11.8 Å². The van der Waals surface area contributed by atoms with E-state index in [1.165, 1.54) is 6.33 Å². The van der Waals surface area contributed by atoms with Crippen molar-refractivity contribution in [2.75, 3.05) is 6.54 Å². The van der Waals surface area contributed by atoms with Gasteiger partial charge in [-0.2, -0.15) is 0 Å². The van der Waals surface area contributed by atoms with Gasteiger partial charge in [0.1, 0.15) is 6.33 Å². The molecule has 0 saturated carbocycles. The van der Waals surface area contributed by atoms with E-state index >= 15 is 0 Å². The van der Waals surface area contributed by atoms with Gasteiger partial charge in [0, 0.05) is 12.7 Å². The van der Waals surface area contributed by atoms with Crippen LogP contribution >= 0.6 is 0 Å². The molecule has 5 nitrogen and oxygen atoms in total. The number of hydrogen-bond acceptors (Lipinski definition) is 4. The highest BCUT2D eigenvalue weighted by atomic mass is 16.1. The third-order valence-electron chi connectivity index (χ3n) is 2.50. The Balaban J connectivity index is 2.42. The van der Waals surface area contributed by atoms with Gasteiger partial charge in [-0.3, -0.25) is 4.79 Å². The fourth-order valence-electron chi connectivity index (χ4n) is 1.62. The molecule has 0 spiro atoms. The third kappa shape index (κ3) is 4.91. The van der Waals surface area contributed by atoms with Crippen molar-refractivity contribution in [2.45, 2.75) is 26.8 Å². The van der Waals surface area contributed by atoms with Crippen molar-refractivity contribution in [3.05, 3.63) is 24.3 Å². The summed E-state index contributed by atoms with van der Waals surface area (Å²) in [5.41, 5.74) is 6.40. The van der Waals surface area contributed by atoms with E-state index in [4.69, 9.17) is 5.73 Å². The lowest BCUT2D eigenvalue weighted by Gasteiger charge is -2.16. The molecule has 1 aromatic heterocycles. The number of hydrogen-bond donors (Lipinski definition) is 2. The largest absolute Gasteiger partial charge is 0.350 e. The first-order valence-corrected chi connectivity index (χ1v) is 5.86. The van der Waals surface area contributed by atoms with Gasteiger partial charge in [0.2, 0.25) is 5.91 Å². The van der Waals surface area contributed by atoms with Crippen LogP contribution < -0.4 is 11.1 Å². The van der Waals surface area contributed by atoms with Gasteiger partial charge in [-0.1, -0.05) is 13.8 Å². The summed E-state index contributed by atoms with van der Waals surface area (Å²) in [5, 5.41) is 2.85. The van der Waals surface area contributed by atoms with Crippen LogP contribution in [0.5, 0.6) is 0 Å². The molecule has 17 heavy (non-hydrogen) atoms. The average Bonchev–Trinajstić information content (AvgIpc) is 2.34. The van der Waals surface area contributed by atoms with Gasteiger partial charge in [-0.05, 0) is 18.4 Å². The molecule has 3 N–H and O–H groups in total. The quantitative estimate of drug-likeness (QED) is 0.762. The highest BCUT2D eigenvalue weighted by Crippen LogP contribution is 2.10. The molecule has 1 atom stereocenters. The number of carbonyl (C=O) groups excluding carboxylic acids is 1. The van der Waals surface area contributed by atoms with Gasteiger partial charge in [0.05, 0.1) is 18.2 Å². The molecule has 0 aliphatic heterocycles. The molecular weight excluding hydrogens is 216 g/mol. The second-order valence-electron chi connectivity index (χ2n) is 4.48. The molecule has 94 valence electrons. The van der Waals surface area contributed by atoms with Crippen LogP contribution in [-0.2, 0) is 11.3 Å². The summed E-state index contributed by atoms with van der Waals surface area (Å²) in [6.07, 6.45) is 3.94. The average molecular weight is 236 g/mol. The highest BCUT2D eigenvalue weighted by molar-refractivity contribution is 5.78. The lowest BCUT2D eigenvalue weighted by molar-refractivity contribution is -0.125. The SMILES string of the molecule is CC(C)CC(CN)C(=O)NCc1ccncn1. The van der Waals surface area contributed by atoms with Crippen LogP contribution in [0.1, 0.15) is 26.0 Å².